The lowest BCUT2D eigenvalue weighted by Crippen LogP contribution is -2.13. The molecule has 0 fully saturated rings. The molecule has 4 nitrogen and oxygen atoms in total. The molecule has 0 aliphatic heterocycles. The van der Waals surface area contributed by atoms with Crippen LogP contribution >= 0.6 is 27.5 Å². The number of carbonyl (C=O) groups excluding carboxylic acids is 1. The SMILES string of the molecule is NC(=O)c1cc(Nc2ccc(Cl)cc2Br)ccc1N. The zero-order valence-electron chi connectivity index (χ0n) is 9.78. The minimum atomic E-state index is -0.559. The second kappa shape index (κ2) is 5.50. The van der Waals surface area contributed by atoms with Crippen molar-refractivity contribution in [1.82, 2.24) is 0 Å². The summed E-state index contributed by atoms with van der Waals surface area (Å²) in [5, 5.41) is 3.79. The first-order valence-electron chi connectivity index (χ1n) is 5.39. The standard InChI is InChI=1S/C13H11BrClN3O/c14-10-5-7(15)1-4-12(10)18-8-2-3-11(16)9(6-8)13(17)19/h1-6,18H,16H2,(H2,17,19). The van der Waals surface area contributed by atoms with Crippen LogP contribution in [0.2, 0.25) is 5.02 Å². The van der Waals surface area contributed by atoms with Crippen LogP contribution in [0.4, 0.5) is 17.1 Å². The van der Waals surface area contributed by atoms with E-state index in [1.54, 1.807) is 30.3 Å². The van der Waals surface area contributed by atoms with Crippen LogP contribution in [0.15, 0.2) is 40.9 Å². The van der Waals surface area contributed by atoms with Gasteiger partial charge >= 0.3 is 0 Å². The maximum absolute atomic E-state index is 11.2. The Balaban J connectivity index is 2.33. The van der Waals surface area contributed by atoms with E-state index < -0.39 is 5.91 Å². The number of rotatable bonds is 3. The molecule has 0 radical (unpaired) electrons. The number of amides is 1. The third-order valence-electron chi connectivity index (χ3n) is 2.53. The third-order valence-corrected chi connectivity index (χ3v) is 3.42. The van der Waals surface area contributed by atoms with Gasteiger partial charge in [0.15, 0.2) is 0 Å². The average molecular weight is 341 g/mol. The minimum absolute atomic E-state index is 0.287. The van der Waals surface area contributed by atoms with Gasteiger partial charge in [0.05, 0.1) is 11.3 Å². The van der Waals surface area contributed by atoms with Crippen LogP contribution in [0, 0.1) is 0 Å². The highest BCUT2D eigenvalue weighted by Crippen LogP contribution is 2.29. The molecule has 98 valence electrons. The van der Waals surface area contributed by atoms with Gasteiger partial charge in [0.1, 0.15) is 0 Å². The minimum Gasteiger partial charge on any atom is -0.398 e. The van der Waals surface area contributed by atoms with Gasteiger partial charge in [-0.15, -0.1) is 0 Å². The normalized spacial score (nSPS) is 10.2. The van der Waals surface area contributed by atoms with Crippen molar-refractivity contribution < 1.29 is 4.79 Å². The van der Waals surface area contributed by atoms with Crippen molar-refractivity contribution in [1.29, 1.82) is 0 Å². The summed E-state index contributed by atoms with van der Waals surface area (Å²) in [5.74, 6) is -0.559. The first-order valence-corrected chi connectivity index (χ1v) is 6.56. The van der Waals surface area contributed by atoms with Crippen molar-refractivity contribution in [3.63, 3.8) is 0 Å². The Morgan fingerprint density at radius 2 is 1.95 bits per heavy atom. The number of nitrogen functional groups attached to an aromatic ring is 1. The molecule has 0 heterocycles. The van der Waals surface area contributed by atoms with Crippen molar-refractivity contribution in [2.45, 2.75) is 0 Å². The summed E-state index contributed by atoms with van der Waals surface area (Å²) >= 11 is 9.28. The third kappa shape index (κ3) is 3.19. The molecule has 0 bridgehead atoms. The van der Waals surface area contributed by atoms with Crippen LogP contribution in [-0.4, -0.2) is 5.91 Å². The number of halogens is 2. The van der Waals surface area contributed by atoms with Gasteiger partial charge in [-0.2, -0.15) is 0 Å². The molecule has 0 aliphatic rings. The van der Waals surface area contributed by atoms with Gasteiger partial charge in [-0.3, -0.25) is 4.79 Å². The molecule has 6 heteroatoms. The first-order chi connectivity index (χ1) is 8.97. The van der Waals surface area contributed by atoms with Crippen molar-refractivity contribution in [3.8, 4) is 0 Å². The lowest BCUT2D eigenvalue weighted by molar-refractivity contribution is 0.100. The van der Waals surface area contributed by atoms with Gasteiger partial charge in [0.25, 0.3) is 5.91 Å². The maximum Gasteiger partial charge on any atom is 0.250 e. The van der Waals surface area contributed by atoms with Crippen LogP contribution in [0.3, 0.4) is 0 Å². The number of hydrogen-bond donors (Lipinski definition) is 3. The van der Waals surface area contributed by atoms with E-state index in [2.05, 4.69) is 21.2 Å². The van der Waals surface area contributed by atoms with Crippen molar-refractivity contribution in [3.05, 3.63) is 51.5 Å². The summed E-state index contributed by atoms with van der Waals surface area (Å²) in [6.07, 6.45) is 0. The number of nitrogens with one attached hydrogen (secondary N) is 1. The molecule has 0 saturated carbocycles. The van der Waals surface area contributed by atoms with Crippen LogP contribution < -0.4 is 16.8 Å². The summed E-state index contributed by atoms with van der Waals surface area (Å²) in [4.78, 5) is 11.2. The quantitative estimate of drug-likeness (QED) is 0.748. The summed E-state index contributed by atoms with van der Waals surface area (Å²) in [6, 6.07) is 10.4. The van der Waals surface area contributed by atoms with E-state index >= 15 is 0 Å². The Kier molecular flexibility index (Phi) is 3.97. The van der Waals surface area contributed by atoms with Crippen molar-refractivity contribution in [2.24, 2.45) is 5.73 Å². The van der Waals surface area contributed by atoms with Gasteiger partial charge in [0.2, 0.25) is 0 Å². The first kappa shape index (κ1) is 13.7. The highest BCUT2D eigenvalue weighted by Gasteiger charge is 2.08. The molecule has 2 aromatic rings. The average Bonchev–Trinajstić information content (AvgIpc) is 2.34. The lowest BCUT2D eigenvalue weighted by Gasteiger charge is -2.11. The van der Waals surface area contributed by atoms with E-state index in [1.165, 1.54) is 0 Å². The molecule has 0 spiro atoms. The topological polar surface area (TPSA) is 81.1 Å². The van der Waals surface area contributed by atoms with E-state index in [4.69, 9.17) is 23.1 Å². The Hall–Kier alpha value is -1.72. The lowest BCUT2D eigenvalue weighted by atomic mass is 10.1. The molecule has 2 aromatic carbocycles. The van der Waals surface area contributed by atoms with E-state index in [-0.39, 0.29) is 5.56 Å². The Labute approximate surface area is 123 Å². The number of nitrogens with two attached hydrogens (primary N) is 2. The molecule has 0 unspecified atom stereocenters. The molecule has 0 aromatic heterocycles. The predicted octanol–water partition coefficient (Wildman–Crippen LogP) is 3.53. The number of carbonyl (C=O) groups is 1. The van der Waals surface area contributed by atoms with Crippen molar-refractivity contribution >= 4 is 50.5 Å². The molecule has 1 amide bonds. The molecule has 5 N–H and O–H groups in total. The van der Waals surface area contributed by atoms with E-state index in [0.29, 0.717) is 16.4 Å². The van der Waals surface area contributed by atoms with Gasteiger partial charge in [0, 0.05) is 20.9 Å². The number of benzene rings is 2. The van der Waals surface area contributed by atoms with E-state index in [0.717, 1.165) is 10.2 Å². The van der Waals surface area contributed by atoms with Crippen molar-refractivity contribution in [2.75, 3.05) is 11.1 Å². The van der Waals surface area contributed by atoms with E-state index in [9.17, 15) is 4.79 Å². The summed E-state index contributed by atoms with van der Waals surface area (Å²) in [7, 11) is 0. The second-order valence-corrected chi connectivity index (χ2v) is 5.21. The number of primary amides is 1. The maximum atomic E-state index is 11.2. The Bertz CT molecular complexity index is 646. The van der Waals surface area contributed by atoms with Gasteiger partial charge in [-0.1, -0.05) is 11.6 Å². The zero-order valence-corrected chi connectivity index (χ0v) is 12.1. The number of anilines is 3. The Morgan fingerprint density at radius 1 is 1.21 bits per heavy atom. The van der Waals surface area contributed by atoms with Gasteiger partial charge in [-0.05, 0) is 52.3 Å². The molecular weight excluding hydrogens is 330 g/mol. The smallest absolute Gasteiger partial charge is 0.250 e. The monoisotopic (exact) mass is 339 g/mol. The second-order valence-electron chi connectivity index (χ2n) is 3.92. The summed E-state index contributed by atoms with van der Waals surface area (Å²) < 4.78 is 0.817. The van der Waals surface area contributed by atoms with Gasteiger partial charge in [-0.25, -0.2) is 0 Å². The molecule has 19 heavy (non-hydrogen) atoms. The predicted molar refractivity (Wildman–Crippen MR) is 81.8 cm³/mol. The molecule has 0 aliphatic carbocycles. The summed E-state index contributed by atoms with van der Waals surface area (Å²) in [5.41, 5.74) is 13.1. The molecular formula is C13H11BrClN3O. The zero-order chi connectivity index (χ0) is 14.0. The highest BCUT2D eigenvalue weighted by atomic mass is 79.9. The highest BCUT2D eigenvalue weighted by molar-refractivity contribution is 9.10. The fourth-order valence-electron chi connectivity index (χ4n) is 1.59. The fraction of sp³-hybridized carbons (Fsp3) is 0. The Morgan fingerprint density at radius 3 is 2.58 bits per heavy atom. The molecule has 0 saturated heterocycles. The number of hydrogen-bond acceptors (Lipinski definition) is 3. The fourth-order valence-corrected chi connectivity index (χ4v) is 2.38. The molecule has 2 rings (SSSR count). The van der Waals surface area contributed by atoms with Crippen LogP contribution in [0.5, 0.6) is 0 Å². The van der Waals surface area contributed by atoms with Crippen LogP contribution in [0.25, 0.3) is 0 Å². The van der Waals surface area contributed by atoms with Crippen LogP contribution in [-0.2, 0) is 0 Å². The van der Waals surface area contributed by atoms with Crippen LogP contribution in [0.1, 0.15) is 10.4 Å². The summed E-state index contributed by atoms with van der Waals surface area (Å²) in [6.45, 7) is 0. The molecule has 0 atom stereocenters. The van der Waals surface area contributed by atoms with E-state index in [1.807, 2.05) is 6.07 Å². The largest absolute Gasteiger partial charge is 0.398 e. The van der Waals surface area contributed by atoms with Gasteiger partial charge < -0.3 is 16.8 Å².